The lowest BCUT2D eigenvalue weighted by atomic mass is 10.1. The van der Waals surface area contributed by atoms with E-state index < -0.39 is 5.97 Å². The quantitative estimate of drug-likeness (QED) is 0.588. The number of nitrogens with one attached hydrogen (secondary N) is 1. The summed E-state index contributed by atoms with van der Waals surface area (Å²) in [4.78, 5) is 24.1. The largest absolute Gasteiger partial charge is 0.455 e. The van der Waals surface area contributed by atoms with E-state index in [1.807, 2.05) is 45.0 Å². The van der Waals surface area contributed by atoms with E-state index in [9.17, 15) is 9.59 Å². The third-order valence-corrected chi connectivity index (χ3v) is 4.44. The molecule has 0 saturated heterocycles. The number of amides is 1. The van der Waals surface area contributed by atoms with E-state index in [1.54, 1.807) is 0 Å². The highest BCUT2D eigenvalue weighted by atomic mass is 79.9. The zero-order valence-corrected chi connectivity index (χ0v) is 14.8. The van der Waals surface area contributed by atoms with Gasteiger partial charge in [0.05, 0.1) is 5.75 Å². The lowest BCUT2D eigenvalue weighted by Crippen LogP contribution is -2.38. The van der Waals surface area contributed by atoms with Crippen molar-refractivity contribution in [2.24, 2.45) is 5.92 Å². The summed E-state index contributed by atoms with van der Waals surface area (Å²) < 4.78 is 5.94. The van der Waals surface area contributed by atoms with Crippen LogP contribution in [-0.2, 0) is 14.3 Å². The summed E-state index contributed by atoms with van der Waals surface area (Å²) in [5.41, 5.74) is 0. The lowest BCUT2D eigenvalue weighted by Gasteiger charge is -2.17. The Hall–Kier alpha value is -1.01. The SMILES string of the molecule is CC(C)[C@H](C)NC(=O)COC(=O)CSc1ccc(Br)cc1. The molecule has 21 heavy (non-hydrogen) atoms. The number of esters is 1. The third-order valence-electron chi connectivity index (χ3n) is 2.92. The fourth-order valence-electron chi connectivity index (χ4n) is 1.32. The minimum Gasteiger partial charge on any atom is -0.455 e. The molecule has 0 radical (unpaired) electrons. The molecule has 1 aromatic carbocycles. The summed E-state index contributed by atoms with van der Waals surface area (Å²) in [5, 5.41) is 2.79. The first-order valence-electron chi connectivity index (χ1n) is 6.72. The second-order valence-electron chi connectivity index (χ2n) is 5.00. The third kappa shape index (κ3) is 7.52. The molecule has 116 valence electrons. The topological polar surface area (TPSA) is 55.4 Å². The maximum absolute atomic E-state index is 11.6. The molecular formula is C15H20BrNO3S. The fraction of sp³-hybridized carbons (Fsp3) is 0.467. The Morgan fingerprint density at radius 3 is 2.43 bits per heavy atom. The van der Waals surface area contributed by atoms with Crippen molar-refractivity contribution in [2.45, 2.75) is 31.7 Å². The highest BCUT2D eigenvalue weighted by molar-refractivity contribution is 9.10. The number of carbonyl (C=O) groups excluding carboxylic acids is 2. The molecular weight excluding hydrogens is 354 g/mol. The molecule has 0 aromatic heterocycles. The van der Waals surface area contributed by atoms with Crippen LogP contribution in [0, 0.1) is 5.92 Å². The van der Waals surface area contributed by atoms with Crippen molar-refractivity contribution in [2.75, 3.05) is 12.4 Å². The van der Waals surface area contributed by atoms with Crippen molar-refractivity contribution in [3.05, 3.63) is 28.7 Å². The summed E-state index contributed by atoms with van der Waals surface area (Å²) >= 11 is 4.73. The minimum absolute atomic E-state index is 0.0633. The Labute approximate surface area is 138 Å². The molecule has 0 aliphatic heterocycles. The van der Waals surface area contributed by atoms with Crippen LogP contribution in [0.1, 0.15) is 20.8 Å². The van der Waals surface area contributed by atoms with Gasteiger partial charge in [-0.15, -0.1) is 11.8 Å². The monoisotopic (exact) mass is 373 g/mol. The highest BCUT2D eigenvalue weighted by Gasteiger charge is 2.12. The Kier molecular flexibility index (Phi) is 7.82. The fourth-order valence-corrected chi connectivity index (χ4v) is 2.28. The van der Waals surface area contributed by atoms with E-state index >= 15 is 0 Å². The Morgan fingerprint density at radius 2 is 1.86 bits per heavy atom. The van der Waals surface area contributed by atoms with Gasteiger partial charge in [-0.3, -0.25) is 9.59 Å². The molecule has 0 fully saturated rings. The molecule has 0 aliphatic rings. The molecule has 0 unspecified atom stereocenters. The maximum Gasteiger partial charge on any atom is 0.316 e. The number of benzene rings is 1. The van der Waals surface area contributed by atoms with Crippen molar-refractivity contribution in [3.8, 4) is 0 Å². The van der Waals surface area contributed by atoms with E-state index in [1.165, 1.54) is 11.8 Å². The molecule has 1 atom stereocenters. The zero-order chi connectivity index (χ0) is 15.8. The van der Waals surface area contributed by atoms with E-state index in [0.29, 0.717) is 5.92 Å². The summed E-state index contributed by atoms with van der Waals surface area (Å²) in [7, 11) is 0. The normalized spacial score (nSPS) is 12.0. The molecule has 1 N–H and O–H groups in total. The zero-order valence-electron chi connectivity index (χ0n) is 12.4. The first kappa shape index (κ1) is 18.0. The summed E-state index contributed by atoms with van der Waals surface area (Å²) in [5.74, 6) is -0.125. The van der Waals surface area contributed by atoms with Gasteiger partial charge in [0.1, 0.15) is 0 Å². The van der Waals surface area contributed by atoms with Gasteiger partial charge in [0, 0.05) is 15.4 Å². The van der Waals surface area contributed by atoms with Gasteiger partial charge in [0.25, 0.3) is 5.91 Å². The summed E-state index contributed by atoms with van der Waals surface area (Å²) in [6, 6.07) is 7.72. The van der Waals surface area contributed by atoms with Crippen LogP contribution in [0.4, 0.5) is 0 Å². The van der Waals surface area contributed by atoms with Gasteiger partial charge in [-0.1, -0.05) is 29.8 Å². The predicted molar refractivity (Wildman–Crippen MR) is 88.3 cm³/mol. The van der Waals surface area contributed by atoms with E-state index in [2.05, 4.69) is 21.2 Å². The van der Waals surface area contributed by atoms with Crippen LogP contribution in [0.5, 0.6) is 0 Å². The van der Waals surface area contributed by atoms with Gasteiger partial charge in [-0.25, -0.2) is 0 Å². The van der Waals surface area contributed by atoms with Gasteiger partial charge in [0.15, 0.2) is 6.61 Å². The molecule has 1 rings (SSSR count). The summed E-state index contributed by atoms with van der Waals surface area (Å²) in [6.45, 7) is 5.74. The molecule has 1 amide bonds. The van der Waals surface area contributed by atoms with Gasteiger partial charge >= 0.3 is 5.97 Å². The van der Waals surface area contributed by atoms with Crippen molar-refractivity contribution in [3.63, 3.8) is 0 Å². The standard InChI is InChI=1S/C15H20BrNO3S/c1-10(2)11(3)17-14(18)8-20-15(19)9-21-13-6-4-12(16)5-7-13/h4-7,10-11H,8-9H2,1-3H3,(H,17,18)/t11-/m0/s1. The smallest absolute Gasteiger partial charge is 0.316 e. The van der Waals surface area contributed by atoms with Crippen LogP contribution in [0.3, 0.4) is 0 Å². The number of halogens is 1. The number of hydrogen-bond acceptors (Lipinski definition) is 4. The number of carbonyl (C=O) groups is 2. The number of rotatable bonds is 7. The molecule has 0 heterocycles. The first-order valence-corrected chi connectivity index (χ1v) is 8.49. The van der Waals surface area contributed by atoms with Gasteiger partial charge in [-0.2, -0.15) is 0 Å². The van der Waals surface area contributed by atoms with E-state index in [-0.39, 0.29) is 24.3 Å². The summed E-state index contributed by atoms with van der Waals surface area (Å²) in [6.07, 6.45) is 0. The number of ether oxygens (including phenoxy) is 1. The molecule has 0 spiro atoms. The van der Waals surface area contributed by atoms with Gasteiger partial charge < -0.3 is 10.1 Å². The Morgan fingerprint density at radius 1 is 1.24 bits per heavy atom. The van der Waals surface area contributed by atoms with Crippen LogP contribution in [0.25, 0.3) is 0 Å². The van der Waals surface area contributed by atoms with Crippen LogP contribution in [0.2, 0.25) is 0 Å². The average molecular weight is 374 g/mol. The Bertz CT molecular complexity index is 476. The highest BCUT2D eigenvalue weighted by Crippen LogP contribution is 2.20. The molecule has 6 heteroatoms. The van der Waals surface area contributed by atoms with Crippen molar-refractivity contribution >= 4 is 39.6 Å². The molecule has 1 aromatic rings. The molecule has 0 bridgehead atoms. The van der Waals surface area contributed by atoms with Crippen LogP contribution in [0.15, 0.2) is 33.6 Å². The maximum atomic E-state index is 11.6. The van der Waals surface area contributed by atoms with Crippen LogP contribution in [-0.4, -0.2) is 30.3 Å². The predicted octanol–water partition coefficient (Wildman–Crippen LogP) is 3.25. The van der Waals surface area contributed by atoms with Crippen molar-refractivity contribution in [1.29, 1.82) is 0 Å². The van der Waals surface area contributed by atoms with E-state index in [0.717, 1.165) is 9.37 Å². The number of thioether (sulfide) groups is 1. The molecule has 4 nitrogen and oxygen atoms in total. The van der Waals surface area contributed by atoms with Gasteiger partial charge in [-0.05, 0) is 37.1 Å². The van der Waals surface area contributed by atoms with Gasteiger partial charge in [0.2, 0.25) is 0 Å². The minimum atomic E-state index is -0.393. The second-order valence-corrected chi connectivity index (χ2v) is 6.97. The molecule has 0 saturated carbocycles. The van der Waals surface area contributed by atoms with Crippen molar-refractivity contribution in [1.82, 2.24) is 5.32 Å². The van der Waals surface area contributed by atoms with E-state index in [4.69, 9.17) is 4.74 Å². The number of hydrogen-bond donors (Lipinski definition) is 1. The first-order chi connectivity index (χ1) is 9.88. The second kappa shape index (κ2) is 9.10. The van der Waals surface area contributed by atoms with Crippen LogP contribution < -0.4 is 5.32 Å². The average Bonchev–Trinajstić information content (AvgIpc) is 2.44. The Balaban J connectivity index is 2.25. The molecule has 0 aliphatic carbocycles. The lowest BCUT2D eigenvalue weighted by molar-refractivity contribution is -0.146. The van der Waals surface area contributed by atoms with Crippen LogP contribution >= 0.6 is 27.7 Å². The van der Waals surface area contributed by atoms with Crippen molar-refractivity contribution < 1.29 is 14.3 Å².